The number of benzene rings is 1. The number of fused-ring (bicyclic) bond motifs is 1. The highest BCUT2D eigenvalue weighted by Crippen LogP contribution is 2.34. The number of aromatic hydroxyl groups is 1. The molecule has 5 nitrogen and oxygen atoms in total. The minimum atomic E-state index is -0.346. The Bertz CT molecular complexity index is 692. The molecule has 0 atom stereocenters. The molecule has 2 rings (SSSR count). The van der Waals surface area contributed by atoms with E-state index in [0.29, 0.717) is 28.6 Å². The van der Waals surface area contributed by atoms with Gasteiger partial charge in [0.15, 0.2) is 0 Å². The topological polar surface area (TPSA) is 55.9 Å². The third kappa shape index (κ3) is 2.91. The molecule has 2 aromatic rings. The number of aryl methyl sites for hydroxylation is 1. The van der Waals surface area contributed by atoms with Gasteiger partial charge in [-0.25, -0.2) is 4.79 Å². The Morgan fingerprint density at radius 1 is 1.43 bits per heavy atom. The molecule has 1 aromatic heterocycles. The molecule has 2 N–H and O–H groups in total. The minimum absolute atomic E-state index is 0.113. The number of aromatic nitrogens is 1. The number of halogens is 1. The lowest BCUT2D eigenvalue weighted by atomic mass is 10.1. The number of hydrogen-bond acceptors (Lipinski definition) is 3. The van der Waals surface area contributed by atoms with Gasteiger partial charge in [-0.15, -0.1) is 0 Å². The number of nitrogens with one attached hydrogen (secondary N) is 1. The molecule has 0 amide bonds. The lowest BCUT2D eigenvalue weighted by molar-refractivity contribution is -0.873. The van der Waals surface area contributed by atoms with Crippen LogP contribution in [0.15, 0.2) is 16.6 Å². The van der Waals surface area contributed by atoms with Gasteiger partial charge in [-0.05, 0) is 35.0 Å². The lowest BCUT2D eigenvalue weighted by Crippen LogP contribution is -3.04. The van der Waals surface area contributed by atoms with Gasteiger partial charge in [-0.3, -0.25) is 0 Å². The number of esters is 1. The Kier molecular flexibility index (Phi) is 4.58. The van der Waals surface area contributed by atoms with Gasteiger partial charge in [0, 0.05) is 12.4 Å². The van der Waals surface area contributed by atoms with E-state index in [0.717, 1.165) is 11.2 Å². The van der Waals surface area contributed by atoms with Crippen molar-refractivity contribution >= 4 is 32.8 Å². The fourth-order valence-corrected chi connectivity index (χ4v) is 2.80. The van der Waals surface area contributed by atoms with E-state index in [4.69, 9.17) is 4.74 Å². The SMILES string of the molecule is CCOC(=O)c1c(C[NH+](C)C)n(C)c2cc(Br)c(O)cc12. The molecule has 0 saturated carbocycles. The van der Waals surface area contributed by atoms with Crippen LogP contribution in [0.25, 0.3) is 10.9 Å². The standard InChI is InChI=1S/C15H19BrN2O3/c1-5-21-15(20)14-9-6-13(19)10(16)7-11(9)18(4)12(14)8-17(2)3/h6-7,19H,5,8H2,1-4H3/p+1. The normalized spacial score (nSPS) is 11.3. The smallest absolute Gasteiger partial charge is 0.340 e. The van der Waals surface area contributed by atoms with E-state index in [9.17, 15) is 9.90 Å². The van der Waals surface area contributed by atoms with E-state index in [1.807, 2.05) is 31.8 Å². The van der Waals surface area contributed by atoms with Gasteiger partial charge in [0.25, 0.3) is 0 Å². The number of phenolic OH excluding ortho intramolecular Hbond substituents is 1. The molecule has 0 bridgehead atoms. The Labute approximate surface area is 132 Å². The van der Waals surface area contributed by atoms with Crippen molar-refractivity contribution in [3.8, 4) is 5.75 Å². The van der Waals surface area contributed by atoms with Crippen LogP contribution < -0.4 is 4.90 Å². The van der Waals surface area contributed by atoms with Gasteiger partial charge >= 0.3 is 5.97 Å². The molecule has 0 spiro atoms. The van der Waals surface area contributed by atoms with Gasteiger partial charge in [0.2, 0.25) is 0 Å². The molecular weight excluding hydrogens is 336 g/mol. The van der Waals surface area contributed by atoms with Crippen molar-refractivity contribution in [2.45, 2.75) is 13.5 Å². The minimum Gasteiger partial charge on any atom is -0.507 e. The average molecular weight is 356 g/mol. The number of carbonyl (C=O) groups is 1. The first kappa shape index (κ1) is 15.9. The predicted molar refractivity (Wildman–Crippen MR) is 84.8 cm³/mol. The van der Waals surface area contributed by atoms with E-state index in [-0.39, 0.29) is 11.7 Å². The summed E-state index contributed by atoms with van der Waals surface area (Å²) in [6.45, 7) is 2.80. The van der Waals surface area contributed by atoms with Crippen molar-refractivity contribution in [2.75, 3.05) is 20.7 Å². The molecule has 1 aromatic carbocycles. The summed E-state index contributed by atoms with van der Waals surface area (Å²) >= 11 is 3.32. The van der Waals surface area contributed by atoms with Crippen molar-refractivity contribution in [1.29, 1.82) is 0 Å². The number of quaternary nitrogens is 1. The van der Waals surface area contributed by atoms with Gasteiger partial charge in [0.1, 0.15) is 12.3 Å². The van der Waals surface area contributed by atoms with Crippen LogP contribution in [0.2, 0.25) is 0 Å². The van der Waals surface area contributed by atoms with E-state index in [1.165, 1.54) is 4.90 Å². The number of hydrogen-bond donors (Lipinski definition) is 2. The lowest BCUT2D eigenvalue weighted by Gasteiger charge is -2.10. The van der Waals surface area contributed by atoms with E-state index >= 15 is 0 Å². The monoisotopic (exact) mass is 355 g/mol. The summed E-state index contributed by atoms with van der Waals surface area (Å²) in [6.07, 6.45) is 0. The molecule has 114 valence electrons. The maximum absolute atomic E-state index is 12.3. The van der Waals surface area contributed by atoms with Crippen molar-refractivity contribution in [1.82, 2.24) is 4.57 Å². The summed E-state index contributed by atoms with van der Waals surface area (Å²) in [4.78, 5) is 13.5. The van der Waals surface area contributed by atoms with E-state index < -0.39 is 0 Å². The van der Waals surface area contributed by atoms with E-state index in [1.54, 1.807) is 13.0 Å². The van der Waals surface area contributed by atoms with Crippen molar-refractivity contribution in [2.24, 2.45) is 7.05 Å². The first-order valence-electron chi connectivity index (χ1n) is 6.82. The number of nitrogens with zero attached hydrogens (tertiary/aromatic N) is 1. The summed E-state index contributed by atoms with van der Waals surface area (Å²) in [5.41, 5.74) is 2.33. The molecule has 0 unspecified atom stereocenters. The number of ether oxygens (including phenoxy) is 1. The maximum atomic E-state index is 12.3. The first-order valence-corrected chi connectivity index (χ1v) is 7.62. The van der Waals surface area contributed by atoms with Gasteiger partial charge in [-0.1, -0.05) is 0 Å². The van der Waals surface area contributed by atoms with E-state index in [2.05, 4.69) is 15.9 Å². The zero-order valence-electron chi connectivity index (χ0n) is 12.7. The average Bonchev–Trinajstić information content (AvgIpc) is 2.64. The van der Waals surface area contributed by atoms with Crippen molar-refractivity contribution < 1.29 is 19.5 Å². The molecule has 21 heavy (non-hydrogen) atoms. The predicted octanol–water partition coefficient (Wildman–Crippen LogP) is 1.47. The first-order chi connectivity index (χ1) is 9.86. The molecule has 0 aliphatic rings. The molecule has 0 aliphatic heterocycles. The number of carbonyl (C=O) groups excluding carboxylic acids is 1. The number of phenols is 1. The third-order valence-electron chi connectivity index (χ3n) is 3.39. The van der Waals surface area contributed by atoms with Gasteiger partial charge in [-0.2, -0.15) is 0 Å². The van der Waals surface area contributed by atoms with Crippen LogP contribution in [0.4, 0.5) is 0 Å². The molecular formula is C15H20BrN2O3+. The highest BCUT2D eigenvalue weighted by molar-refractivity contribution is 9.10. The molecule has 0 saturated heterocycles. The number of rotatable bonds is 4. The highest BCUT2D eigenvalue weighted by atomic mass is 79.9. The summed E-state index contributed by atoms with van der Waals surface area (Å²) in [5.74, 6) is -0.233. The molecule has 1 heterocycles. The summed E-state index contributed by atoms with van der Waals surface area (Å²) in [5, 5.41) is 10.6. The fraction of sp³-hybridized carbons (Fsp3) is 0.400. The summed E-state index contributed by atoms with van der Waals surface area (Å²) in [7, 11) is 5.98. The van der Waals surface area contributed by atoms with Crippen molar-refractivity contribution in [3.05, 3.63) is 27.9 Å². The second-order valence-electron chi connectivity index (χ2n) is 5.31. The zero-order chi connectivity index (χ0) is 15.7. The van der Waals surface area contributed by atoms with Crippen LogP contribution in [-0.4, -0.2) is 36.3 Å². The Hall–Kier alpha value is -1.53. The second kappa shape index (κ2) is 6.07. The largest absolute Gasteiger partial charge is 0.507 e. The quantitative estimate of drug-likeness (QED) is 0.816. The van der Waals surface area contributed by atoms with Crippen LogP contribution in [0.1, 0.15) is 23.0 Å². The Morgan fingerprint density at radius 3 is 2.67 bits per heavy atom. The molecule has 6 heteroatoms. The summed E-state index contributed by atoms with van der Waals surface area (Å²) in [6, 6.07) is 3.43. The zero-order valence-corrected chi connectivity index (χ0v) is 14.2. The fourth-order valence-electron chi connectivity index (χ4n) is 2.47. The molecule has 0 aliphatic carbocycles. The third-order valence-corrected chi connectivity index (χ3v) is 4.03. The van der Waals surface area contributed by atoms with Crippen LogP contribution in [0.5, 0.6) is 5.75 Å². The van der Waals surface area contributed by atoms with Crippen LogP contribution >= 0.6 is 15.9 Å². The summed E-state index contributed by atoms with van der Waals surface area (Å²) < 4.78 is 7.78. The Balaban J connectivity index is 2.76. The Morgan fingerprint density at radius 2 is 2.10 bits per heavy atom. The van der Waals surface area contributed by atoms with Gasteiger partial charge in [0.05, 0.1) is 41.9 Å². The molecule has 0 radical (unpaired) electrons. The van der Waals surface area contributed by atoms with Crippen molar-refractivity contribution in [3.63, 3.8) is 0 Å². The second-order valence-corrected chi connectivity index (χ2v) is 6.16. The molecule has 0 fully saturated rings. The van der Waals surface area contributed by atoms with Crippen LogP contribution in [-0.2, 0) is 18.3 Å². The van der Waals surface area contributed by atoms with Crippen LogP contribution in [0, 0.1) is 0 Å². The van der Waals surface area contributed by atoms with Crippen LogP contribution in [0.3, 0.4) is 0 Å². The van der Waals surface area contributed by atoms with Gasteiger partial charge < -0.3 is 19.3 Å². The maximum Gasteiger partial charge on any atom is 0.340 e. The highest BCUT2D eigenvalue weighted by Gasteiger charge is 2.24.